The van der Waals surface area contributed by atoms with Crippen LogP contribution in [0.2, 0.25) is 0 Å². The number of benzene rings is 2. The van der Waals surface area contributed by atoms with E-state index in [4.69, 9.17) is 9.63 Å². The number of hydrogen-bond donors (Lipinski definition) is 2. The maximum atomic E-state index is 13.4. The lowest BCUT2D eigenvalue weighted by Gasteiger charge is -2.26. The molecule has 2 aromatic carbocycles. The maximum absolute atomic E-state index is 13.4. The predicted octanol–water partition coefficient (Wildman–Crippen LogP) is 4.31. The number of hydrogen-bond acceptors (Lipinski definition) is 6. The third-order valence-corrected chi connectivity index (χ3v) is 5.98. The van der Waals surface area contributed by atoms with Crippen molar-refractivity contribution >= 4 is 34.0 Å². The second-order valence-corrected chi connectivity index (χ2v) is 7.90. The molecule has 2 heterocycles. The van der Waals surface area contributed by atoms with E-state index in [0.29, 0.717) is 28.1 Å². The Labute approximate surface area is 173 Å². The van der Waals surface area contributed by atoms with Crippen LogP contribution in [0.3, 0.4) is 0 Å². The SMILES string of the molecule is O=C(O)CCNc1cc(N2CCCCCC2)c2noc3c2c1C(=O)c1ccccc1-3. The highest BCUT2D eigenvalue weighted by Crippen LogP contribution is 2.46. The van der Waals surface area contributed by atoms with E-state index in [9.17, 15) is 9.59 Å². The highest BCUT2D eigenvalue weighted by molar-refractivity contribution is 6.28. The number of rotatable bonds is 5. The Balaban J connectivity index is 1.71. The molecule has 30 heavy (non-hydrogen) atoms. The van der Waals surface area contributed by atoms with Crippen LogP contribution in [0, 0.1) is 0 Å². The summed E-state index contributed by atoms with van der Waals surface area (Å²) >= 11 is 0. The largest absolute Gasteiger partial charge is 0.481 e. The molecule has 0 unspecified atom stereocenters. The van der Waals surface area contributed by atoms with Crippen LogP contribution >= 0.6 is 0 Å². The van der Waals surface area contributed by atoms with Gasteiger partial charge in [-0.2, -0.15) is 0 Å². The molecule has 3 aromatic rings. The Bertz CT molecular complexity index is 1140. The zero-order valence-electron chi connectivity index (χ0n) is 16.6. The number of carboxylic acids is 1. The average molecular weight is 405 g/mol. The number of aromatic nitrogens is 1. The maximum Gasteiger partial charge on any atom is 0.305 e. The Morgan fingerprint density at radius 3 is 2.60 bits per heavy atom. The van der Waals surface area contributed by atoms with Crippen molar-refractivity contribution < 1.29 is 19.2 Å². The molecule has 0 radical (unpaired) electrons. The summed E-state index contributed by atoms with van der Waals surface area (Å²) in [6.45, 7) is 2.09. The van der Waals surface area contributed by atoms with E-state index >= 15 is 0 Å². The number of nitrogens with zero attached hydrogens (tertiary/aromatic N) is 2. The van der Waals surface area contributed by atoms with Crippen molar-refractivity contribution in [3.8, 4) is 11.3 Å². The topological polar surface area (TPSA) is 95.7 Å². The van der Waals surface area contributed by atoms with Gasteiger partial charge in [0, 0.05) is 36.4 Å². The fraction of sp³-hybridized carbons (Fsp3) is 0.348. The lowest BCUT2D eigenvalue weighted by molar-refractivity contribution is -0.136. The van der Waals surface area contributed by atoms with Crippen molar-refractivity contribution in [3.63, 3.8) is 0 Å². The molecular weight excluding hydrogens is 382 g/mol. The molecule has 154 valence electrons. The molecule has 1 saturated heterocycles. The van der Waals surface area contributed by atoms with Gasteiger partial charge in [-0.1, -0.05) is 42.3 Å². The molecule has 1 aliphatic heterocycles. The van der Waals surface area contributed by atoms with Gasteiger partial charge in [0.1, 0.15) is 5.52 Å². The van der Waals surface area contributed by atoms with Crippen LogP contribution in [0.25, 0.3) is 22.2 Å². The van der Waals surface area contributed by atoms with Crippen molar-refractivity contribution in [1.29, 1.82) is 0 Å². The summed E-state index contributed by atoms with van der Waals surface area (Å²) in [5.74, 6) is -0.369. The molecule has 1 aliphatic carbocycles. The number of anilines is 2. The summed E-state index contributed by atoms with van der Waals surface area (Å²) in [6, 6.07) is 9.34. The number of carboxylic acid groups (broad SMARTS) is 1. The molecule has 0 atom stereocenters. The summed E-state index contributed by atoms with van der Waals surface area (Å²) in [6.07, 6.45) is 4.60. The highest BCUT2D eigenvalue weighted by atomic mass is 16.5. The molecule has 0 bridgehead atoms. The van der Waals surface area contributed by atoms with E-state index < -0.39 is 5.97 Å². The molecule has 2 aliphatic rings. The van der Waals surface area contributed by atoms with E-state index in [1.807, 2.05) is 24.3 Å². The van der Waals surface area contributed by atoms with Crippen molar-refractivity contribution in [1.82, 2.24) is 5.16 Å². The number of aliphatic carboxylic acids is 1. The van der Waals surface area contributed by atoms with E-state index in [0.717, 1.165) is 42.6 Å². The first-order valence-corrected chi connectivity index (χ1v) is 10.5. The van der Waals surface area contributed by atoms with Crippen molar-refractivity contribution in [2.75, 3.05) is 29.9 Å². The van der Waals surface area contributed by atoms with Gasteiger partial charge in [-0.3, -0.25) is 9.59 Å². The first-order valence-electron chi connectivity index (χ1n) is 10.5. The van der Waals surface area contributed by atoms with Crippen LogP contribution in [0.1, 0.15) is 48.0 Å². The normalized spacial score (nSPS) is 15.7. The standard InChI is InChI=1S/C23H23N3O4/c27-18(28)9-10-24-16-13-17(26-11-5-1-2-6-12-26)21-20-19(16)22(29)14-7-3-4-8-15(14)23(20)30-25-21/h3-4,7-8,13,24H,1-2,5-6,9-12H2,(H,27,28). The zero-order valence-corrected chi connectivity index (χ0v) is 16.6. The fourth-order valence-electron chi connectivity index (χ4n) is 4.54. The van der Waals surface area contributed by atoms with Gasteiger partial charge < -0.3 is 19.8 Å². The molecule has 7 heteroatoms. The van der Waals surface area contributed by atoms with Crippen LogP contribution in [0.4, 0.5) is 11.4 Å². The summed E-state index contributed by atoms with van der Waals surface area (Å²) in [7, 11) is 0. The molecule has 5 rings (SSSR count). The van der Waals surface area contributed by atoms with Gasteiger partial charge in [0.25, 0.3) is 0 Å². The summed E-state index contributed by atoms with van der Waals surface area (Å²) in [5.41, 5.74) is 4.13. The van der Waals surface area contributed by atoms with Crippen LogP contribution in [0.15, 0.2) is 34.9 Å². The zero-order chi connectivity index (χ0) is 20.7. The van der Waals surface area contributed by atoms with Gasteiger partial charge in [-0.15, -0.1) is 0 Å². The molecule has 7 nitrogen and oxygen atoms in total. The minimum absolute atomic E-state index is 0.0300. The Hall–Kier alpha value is -3.35. The molecule has 0 amide bonds. The van der Waals surface area contributed by atoms with Gasteiger partial charge in [-0.25, -0.2) is 0 Å². The smallest absolute Gasteiger partial charge is 0.305 e. The van der Waals surface area contributed by atoms with Crippen LogP contribution < -0.4 is 10.2 Å². The summed E-state index contributed by atoms with van der Waals surface area (Å²) in [5, 5.41) is 17.3. The number of fused-ring (bicyclic) bond motifs is 2. The molecule has 1 aromatic heterocycles. The second kappa shape index (κ2) is 7.48. The third-order valence-electron chi connectivity index (χ3n) is 5.98. The minimum atomic E-state index is -0.882. The van der Waals surface area contributed by atoms with Gasteiger partial charge >= 0.3 is 5.97 Å². The number of ketones is 1. The lowest BCUT2D eigenvalue weighted by Crippen LogP contribution is -2.25. The summed E-state index contributed by atoms with van der Waals surface area (Å²) < 4.78 is 5.78. The average Bonchev–Trinajstić information content (AvgIpc) is 3.00. The lowest BCUT2D eigenvalue weighted by atomic mass is 9.86. The summed E-state index contributed by atoms with van der Waals surface area (Å²) in [4.78, 5) is 26.7. The van der Waals surface area contributed by atoms with E-state index in [-0.39, 0.29) is 18.7 Å². The third kappa shape index (κ3) is 3.01. The van der Waals surface area contributed by atoms with E-state index in [1.54, 1.807) is 6.07 Å². The second-order valence-electron chi connectivity index (χ2n) is 7.90. The first-order chi connectivity index (χ1) is 14.6. The van der Waals surface area contributed by atoms with Gasteiger partial charge in [0.2, 0.25) is 0 Å². The van der Waals surface area contributed by atoms with E-state index in [1.165, 1.54) is 12.8 Å². The van der Waals surface area contributed by atoms with Gasteiger partial charge in [-0.05, 0) is 18.9 Å². The van der Waals surface area contributed by atoms with Gasteiger partial charge in [0.05, 0.1) is 23.1 Å². The van der Waals surface area contributed by atoms with Gasteiger partial charge in [0.15, 0.2) is 11.5 Å². The Morgan fingerprint density at radius 2 is 1.87 bits per heavy atom. The molecule has 2 N–H and O–H groups in total. The van der Waals surface area contributed by atoms with Crippen molar-refractivity contribution in [2.24, 2.45) is 0 Å². The number of carbonyl (C=O) groups is 2. The van der Waals surface area contributed by atoms with Crippen LogP contribution in [-0.4, -0.2) is 41.7 Å². The Morgan fingerprint density at radius 1 is 1.13 bits per heavy atom. The monoisotopic (exact) mass is 405 g/mol. The molecule has 0 spiro atoms. The fourth-order valence-corrected chi connectivity index (χ4v) is 4.54. The first kappa shape index (κ1) is 18.7. The molecular formula is C23H23N3O4. The predicted molar refractivity (Wildman–Crippen MR) is 114 cm³/mol. The van der Waals surface area contributed by atoms with Crippen molar-refractivity contribution in [2.45, 2.75) is 32.1 Å². The Kier molecular flexibility index (Phi) is 4.65. The van der Waals surface area contributed by atoms with Crippen LogP contribution in [-0.2, 0) is 4.79 Å². The molecule has 1 fully saturated rings. The minimum Gasteiger partial charge on any atom is -0.481 e. The number of nitrogens with one attached hydrogen (secondary N) is 1. The van der Waals surface area contributed by atoms with Crippen LogP contribution in [0.5, 0.6) is 0 Å². The van der Waals surface area contributed by atoms with E-state index in [2.05, 4.69) is 15.4 Å². The number of carbonyl (C=O) groups excluding carboxylic acids is 1. The van der Waals surface area contributed by atoms with Crippen molar-refractivity contribution in [3.05, 3.63) is 41.5 Å². The molecule has 0 saturated carbocycles. The quantitative estimate of drug-likeness (QED) is 0.511. The highest BCUT2D eigenvalue weighted by Gasteiger charge is 2.33.